The van der Waals surface area contributed by atoms with Gasteiger partial charge in [-0.2, -0.15) is 0 Å². The van der Waals surface area contributed by atoms with Crippen LogP contribution in [0.2, 0.25) is 0 Å². The molecule has 1 aliphatic rings. The van der Waals surface area contributed by atoms with Crippen LogP contribution in [0.15, 0.2) is 41.4 Å². The number of likely N-dealkylation sites (N-methyl/N-ethyl adjacent to an activating group) is 1. The first-order valence-electron chi connectivity index (χ1n) is 8.38. The Bertz CT molecular complexity index is 924. The molecule has 2 heterocycles. The summed E-state index contributed by atoms with van der Waals surface area (Å²) < 4.78 is 27.7. The highest BCUT2D eigenvalue weighted by molar-refractivity contribution is 7.92. The number of nitrogens with zero attached hydrogens (tertiary/aromatic N) is 2. The number of pyridine rings is 1. The molecule has 0 atom stereocenters. The van der Waals surface area contributed by atoms with E-state index >= 15 is 0 Å². The number of benzene rings is 1. The molecule has 8 heteroatoms. The molecule has 0 spiro atoms. The summed E-state index contributed by atoms with van der Waals surface area (Å²) in [6.45, 7) is 5.02. The standard InChI is InChI=1S/C18H22N4O3S/c1-12(2)10-19-14-4-7-17(20-11-14)21-26(24,25)15-5-6-16-13(8-15)9-18(23)22(16)3/h4-8,11-12,19H,9-10H2,1-3H3,(H,20,21). The van der Waals surface area contributed by atoms with Gasteiger partial charge in [0.1, 0.15) is 5.82 Å². The number of anilines is 3. The smallest absolute Gasteiger partial charge is 0.263 e. The maximum Gasteiger partial charge on any atom is 0.263 e. The van der Waals surface area contributed by atoms with E-state index in [1.165, 1.54) is 17.0 Å². The lowest BCUT2D eigenvalue weighted by atomic mass is 10.2. The zero-order valence-corrected chi connectivity index (χ0v) is 15.8. The molecule has 3 rings (SSSR count). The van der Waals surface area contributed by atoms with Crippen molar-refractivity contribution in [2.75, 3.05) is 28.5 Å². The van der Waals surface area contributed by atoms with E-state index in [1.54, 1.807) is 31.4 Å². The molecule has 0 radical (unpaired) electrons. The topological polar surface area (TPSA) is 91.4 Å². The molecule has 0 saturated heterocycles. The minimum Gasteiger partial charge on any atom is -0.384 e. The van der Waals surface area contributed by atoms with Crippen LogP contribution in [0.3, 0.4) is 0 Å². The average molecular weight is 374 g/mol. The van der Waals surface area contributed by atoms with Gasteiger partial charge in [-0.05, 0) is 41.8 Å². The number of rotatable bonds is 6. The number of carbonyl (C=O) groups is 1. The van der Waals surface area contributed by atoms with Gasteiger partial charge in [-0.3, -0.25) is 9.52 Å². The third-order valence-electron chi connectivity index (χ3n) is 4.16. The molecule has 1 aromatic carbocycles. The summed E-state index contributed by atoms with van der Waals surface area (Å²) >= 11 is 0. The number of hydrogen-bond donors (Lipinski definition) is 2. The van der Waals surface area contributed by atoms with Crippen LogP contribution in [0, 0.1) is 5.92 Å². The van der Waals surface area contributed by atoms with Gasteiger partial charge in [0.05, 0.1) is 23.2 Å². The van der Waals surface area contributed by atoms with Crippen LogP contribution < -0.4 is 14.9 Å². The van der Waals surface area contributed by atoms with Crippen LogP contribution in [0.1, 0.15) is 19.4 Å². The van der Waals surface area contributed by atoms with E-state index in [4.69, 9.17) is 0 Å². The van der Waals surface area contributed by atoms with Crippen molar-refractivity contribution in [2.24, 2.45) is 5.92 Å². The zero-order chi connectivity index (χ0) is 18.9. The lowest BCUT2D eigenvalue weighted by Gasteiger charge is -2.12. The molecular weight excluding hydrogens is 352 g/mol. The van der Waals surface area contributed by atoms with E-state index in [2.05, 4.69) is 28.9 Å². The van der Waals surface area contributed by atoms with E-state index in [0.29, 0.717) is 11.5 Å². The molecule has 7 nitrogen and oxygen atoms in total. The van der Waals surface area contributed by atoms with Crippen LogP contribution in [-0.2, 0) is 21.2 Å². The second-order valence-corrected chi connectivity index (χ2v) is 8.41. The monoisotopic (exact) mass is 374 g/mol. The van der Waals surface area contributed by atoms with E-state index in [0.717, 1.165) is 17.9 Å². The largest absolute Gasteiger partial charge is 0.384 e. The highest BCUT2D eigenvalue weighted by Crippen LogP contribution is 2.30. The summed E-state index contributed by atoms with van der Waals surface area (Å²) in [5.41, 5.74) is 2.29. The Kier molecular flexibility index (Phi) is 4.86. The van der Waals surface area contributed by atoms with E-state index in [1.807, 2.05) is 0 Å². The number of hydrogen-bond acceptors (Lipinski definition) is 5. The fourth-order valence-electron chi connectivity index (χ4n) is 2.69. The molecule has 2 N–H and O–H groups in total. The first-order valence-corrected chi connectivity index (χ1v) is 9.87. The average Bonchev–Trinajstić information content (AvgIpc) is 2.88. The molecular formula is C18H22N4O3S. The third kappa shape index (κ3) is 3.80. The van der Waals surface area contributed by atoms with Crippen molar-refractivity contribution in [1.29, 1.82) is 0 Å². The summed E-state index contributed by atoms with van der Waals surface area (Å²) in [6, 6.07) is 8.09. The fourth-order valence-corrected chi connectivity index (χ4v) is 3.75. The number of amides is 1. The van der Waals surface area contributed by atoms with Crippen molar-refractivity contribution in [3.8, 4) is 0 Å². The fraction of sp³-hybridized carbons (Fsp3) is 0.333. The van der Waals surface area contributed by atoms with Crippen molar-refractivity contribution in [3.05, 3.63) is 42.1 Å². The maximum absolute atomic E-state index is 12.6. The molecule has 2 aromatic rings. The summed E-state index contributed by atoms with van der Waals surface area (Å²) in [7, 11) is -2.09. The Hall–Kier alpha value is -2.61. The van der Waals surface area contributed by atoms with Gasteiger partial charge in [0.15, 0.2) is 0 Å². The molecule has 1 aliphatic heterocycles. The summed E-state index contributed by atoms with van der Waals surface area (Å²) in [5.74, 6) is 0.696. The molecule has 138 valence electrons. The van der Waals surface area contributed by atoms with Gasteiger partial charge in [-0.1, -0.05) is 13.8 Å². The zero-order valence-electron chi connectivity index (χ0n) is 15.0. The van der Waals surface area contributed by atoms with Crippen molar-refractivity contribution in [2.45, 2.75) is 25.2 Å². The SMILES string of the molecule is CC(C)CNc1ccc(NS(=O)(=O)c2ccc3c(c2)CC(=O)N3C)nc1. The lowest BCUT2D eigenvalue weighted by Crippen LogP contribution is -2.20. The summed E-state index contributed by atoms with van der Waals surface area (Å²) in [4.78, 5) is 17.5. The molecule has 0 fully saturated rings. The first kappa shape index (κ1) is 18.2. The third-order valence-corrected chi connectivity index (χ3v) is 5.51. The highest BCUT2D eigenvalue weighted by atomic mass is 32.2. The van der Waals surface area contributed by atoms with E-state index in [9.17, 15) is 13.2 Å². The Morgan fingerprint density at radius 3 is 2.65 bits per heavy atom. The van der Waals surface area contributed by atoms with Crippen molar-refractivity contribution < 1.29 is 13.2 Å². The summed E-state index contributed by atoms with van der Waals surface area (Å²) in [6.07, 6.45) is 1.81. The van der Waals surface area contributed by atoms with Crippen LogP contribution in [-0.4, -0.2) is 32.9 Å². The van der Waals surface area contributed by atoms with Gasteiger partial charge in [-0.15, -0.1) is 0 Å². The van der Waals surface area contributed by atoms with Gasteiger partial charge < -0.3 is 10.2 Å². The quantitative estimate of drug-likeness (QED) is 0.810. The number of aromatic nitrogens is 1. The number of carbonyl (C=O) groups excluding carboxylic acids is 1. The minimum atomic E-state index is -3.77. The molecule has 26 heavy (non-hydrogen) atoms. The number of fused-ring (bicyclic) bond motifs is 1. The van der Waals surface area contributed by atoms with Gasteiger partial charge in [0.2, 0.25) is 5.91 Å². The van der Waals surface area contributed by atoms with Crippen LogP contribution >= 0.6 is 0 Å². The molecule has 0 saturated carbocycles. The molecule has 1 amide bonds. The molecule has 0 aliphatic carbocycles. The number of nitrogens with one attached hydrogen (secondary N) is 2. The minimum absolute atomic E-state index is 0.0475. The van der Waals surface area contributed by atoms with Gasteiger partial charge >= 0.3 is 0 Å². The second kappa shape index (κ2) is 6.95. The van der Waals surface area contributed by atoms with Crippen LogP contribution in [0.25, 0.3) is 0 Å². The summed E-state index contributed by atoms with van der Waals surface area (Å²) in [5, 5.41) is 3.23. The predicted molar refractivity (Wildman–Crippen MR) is 102 cm³/mol. The second-order valence-electron chi connectivity index (χ2n) is 6.73. The molecule has 1 aromatic heterocycles. The van der Waals surface area contributed by atoms with Crippen LogP contribution in [0.4, 0.5) is 17.2 Å². The van der Waals surface area contributed by atoms with Gasteiger partial charge in [0.25, 0.3) is 10.0 Å². The molecule has 0 unspecified atom stereocenters. The van der Waals surface area contributed by atoms with E-state index < -0.39 is 10.0 Å². The highest BCUT2D eigenvalue weighted by Gasteiger charge is 2.26. The Balaban J connectivity index is 1.75. The van der Waals surface area contributed by atoms with Crippen molar-refractivity contribution >= 4 is 33.1 Å². The normalized spacial score (nSPS) is 13.8. The Morgan fingerprint density at radius 2 is 2.00 bits per heavy atom. The molecule has 0 bridgehead atoms. The van der Waals surface area contributed by atoms with Crippen molar-refractivity contribution in [1.82, 2.24) is 4.98 Å². The van der Waals surface area contributed by atoms with Gasteiger partial charge in [-0.25, -0.2) is 13.4 Å². The maximum atomic E-state index is 12.6. The van der Waals surface area contributed by atoms with Crippen molar-refractivity contribution in [3.63, 3.8) is 0 Å². The van der Waals surface area contributed by atoms with Gasteiger partial charge in [0, 0.05) is 19.3 Å². The first-order chi connectivity index (χ1) is 12.3. The Labute approximate surface area is 153 Å². The van der Waals surface area contributed by atoms with E-state index in [-0.39, 0.29) is 23.0 Å². The number of sulfonamides is 1. The van der Waals surface area contributed by atoms with Crippen LogP contribution in [0.5, 0.6) is 0 Å². The Morgan fingerprint density at radius 1 is 1.23 bits per heavy atom. The lowest BCUT2D eigenvalue weighted by molar-refractivity contribution is -0.117. The predicted octanol–water partition coefficient (Wildman–Crippen LogP) is 2.47.